The van der Waals surface area contributed by atoms with Gasteiger partial charge in [-0.25, -0.2) is 4.79 Å². The number of fused-ring (bicyclic) bond motifs is 1. The summed E-state index contributed by atoms with van der Waals surface area (Å²) in [5, 5.41) is 14.3. The lowest BCUT2D eigenvalue weighted by molar-refractivity contribution is -0.152. The fourth-order valence-electron chi connectivity index (χ4n) is 4.91. The number of rotatable bonds is 11. The van der Waals surface area contributed by atoms with Gasteiger partial charge in [-0.3, -0.25) is 0 Å². The highest BCUT2D eigenvalue weighted by atomic mass is 32.2. The molecule has 4 rings (SSSR count). The van der Waals surface area contributed by atoms with Crippen LogP contribution in [0.2, 0.25) is 0 Å². The molecule has 0 radical (unpaired) electrons. The molecule has 1 amide bonds. The Labute approximate surface area is 227 Å². The topological polar surface area (TPSA) is 129 Å². The zero-order valence-corrected chi connectivity index (χ0v) is 22.8. The quantitative estimate of drug-likeness (QED) is 0.290. The zero-order valence-electron chi connectivity index (χ0n) is 22.0. The van der Waals surface area contributed by atoms with Crippen molar-refractivity contribution in [3.05, 3.63) is 60.2 Å². The van der Waals surface area contributed by atoms with Crippen LogP contribution in [0.1, 0.15) is 32.3 Å². The number of nitrogens with two attached hydrogens (primary N) is 1. The fourth-order valence-corrected chi connectivity index (χ4v) is 6.30. The molecule has 2 aliphatic heterocycles. The summed E-state index contributed by atoms with van der Waals surface area (Å²) in [5.41, 5.74) is 7.34. The number of amides is 1. The Morgan fingerprint density at radius 3 is 2.63 bits per heavy atom. The van der Waals surface area contributed by atoms with Crippen LogP contribution in [0.15, 0.2) is 59.5 Å². The predicted molar refractivity (Wildman–Crippen MR) is 145 cm³/mol. The Morgan fingerprint density at radius 2 is 1.92 bits per heavy atom. The SMILES string of the molecule is CC(C)CN(C[C@@H](O)[C@H](Cc1ccccc1)NC(=O)O[C@@H]1CO[C@@H]2OCCC[C@@H]21)[S+]([O-])c1ccc(N)cc1. The number of anilines is 1. The van der Waals surface area contributed by atoms with Gasteiger partial charge in [-0.2, -0.15) is 0 Å². The van der Waals surface area contributed by atoms with Crippen LogP contribution in [0.5, 0.6) is 0 Å². The van der Waals surface area contributed by atoms with Gasteiger partial charge >= 0.3 is 6.09 Å². The standard InChI is InChI=1S/C28H39N3O6S/c1-19(2)16-31(38(34)22-12-10-21(29)11-13-22)17-25(32)24(15-20-7-4-3-5-8-20)30-28(33)37-26-18-36-27-23(26)9-6-14-35-27/h3-5,7-8,10-13,19,23-27,32H,6,9,14-18,29H2,1-2H3,(H,30,33)/t23-,24+,25-,26-,27+,38?/m1/s1. The number of carbonyl (C=O) groups excluding carboxylic acids is 1. The molecule has 2 aromatic carbocycles. The minimum absolute atomic E-state index is 0.0101. The van der Waals surface area contributed by atoms with Crippen LogP contribution in [-0.2, 0) is 32.0 Å². The van der Waals surface area contributed by atoms with E-state index in [1.54, 1.807) is 28.6 Å². The summed E-state index contributed by atoms with van der Waals surface area (Å²) in [4.78, 5) is 13.6. The predicted octanol–water partition coefficient (Wildman–Crippen LogP) is 3.10. The number of hydrogen-bond donors (Lipinski definition) is 3. The van der Waals surface area contributed by atoms with E-state index in [4.69, 9.17) is 19.9 Å². The van der Waals surface area contributed by atoms with Gasteiger partial charge in [-0.05, 0) is 55.0 Å². The van der Waals surface area contributed by atoms with E-state index in [1.165, 1.54) is 0 Å². The van der Waals surface area contributed by atoms with E-state index in [1.807, 2.05) is 44.2 Å². The van der Waals surface area contributed by atoms with E-state index in [-0.39, 0.29) is 31.3 Å². The maximum atomic E-state index is 13.4. The molecule has 0 bridgehead atoms. The Hall–Kier alpha value is -2.34. The Kier molecular flexibility index (Phi) is 10.3. The van der Waals surface area contributed by atoms with Crippen LogP contribution in [0, 0.1) is 11.8 Å². The summed E-state index contributed by atoms with van der Waals surface area (Å²) < 4.78 is 32.2. The van der Waals surface area contributed by atoms with Gasteiger partial charge in [-0.15, -0.1) is 4.31 Å². The van der Waals surface area contributed by atoms with Gasteiger partial charge in [0.05, 0.1) is 36.7 Å². The van der Waals surface area contributed by atoms with Gasteiger partial charge in [0.15, 0.2) is 11.2 Å². The molecule has 0 spiro atoms. The number of benzene rings is 2. The molecular formula is C28H39N3O6S. The van der Waals surface area contributed by atoms with E-state index in [9.17, 15) is 14.5 Å². The highest BCUT2D eigenvalue weighted by molar-refractivity contribution is 7.89. The van der Waals surface area contributed by atoms with E-state index < -0.39 is 35.7 Å². The van der Waals surface area contributed by atoms with Crippen molar-refractivity contribution >= 4 is 23.1 Å². The van der Waals surface area contributed by atoms with Gasteiger partial charge in [0.2, 0.25) is 0 Å². The summed E-state index contributed by atoms with van der Waals surface area (Å²) in [6, 6.07) is 15.9. The third kappa shape index (κ3) is 7.84. The van der Waals surface area contributed by atoms with E-state index >= 15 is 0 Å². The fraction of sp³-hybridized carbons (Fsp3) is 0.536. The molecule has 9 nitrogen and oxygen atoms in total. The zero-order chi connectivity index (χ0) is 27.1. The first-order chi connectivity index (χ1) is 18.3. The smallest absolute Gasteiger partial charge is 0.407 e. The van der Waals surface area contributed by atoms with Crippen LogP contribution in [0.25, 0.3) is 0 Å². The summed E-state index contributed by atoms with van der Waals surface area (Å²) in [6.07, 6.45) is -0.190. The molecule has 208 valence electrons. The maximum Gasteiger partial charge on any atom is 0.407 e. The number of aliphatic hydroxyl groups is 1. The molecule has 2 saturated heterocycles. The Balaban J connectivity index is 1.46. The summed E-state index contributed by atoms with van der Waals surface area (Å²) >= 11 is -1.51. The molecule has 2 heterocycles. The number of ether oxygens (including phenoxy) is 3. The van der Waals surface area contributed by atoms with Gasteiger partial charge < -0.3 is 34.9 Å². The van der Waals surface area contributed by atoms with E-state index in [0.29, 0.717) is 30.2 Å². The molecule has 1 unspecified atom stereocenters. The van der Waals surface area contributed by atoms with Crippen molar-refractivity contribution in [1.29, 1.82) is 0 Å². The van der Waals surface area contributed by atoms with Crippen LogP contribution in [0.4, 0.5) is 10.5 Å². The molecule has 2 fully saturated rings. The summed E-state index contributed by atoms with van der Waals surface area (Å²) in [7, 11) is 0. The van der Waals surface area contributed by atoms with Crippen molar-refractivity contribution in [2.45, 2.75) is 62.5 Å². The third-order valence-corrected chi connectivity index (χ3v) is 8.26. The van der Waals surface area contributed by atoms with E-state index in [2.05, 4.69) is 5.32 Å². The lowest BCUT2D eigenvalue weighted by Gasteiger charge is -2.31. The number of aliphatic hydroxyl groups excluding tert-OH is 1. The molecule has 0 aliphatic carbocycles. The number of nitrogens with zero attached hydrogens (tertiary/aromatic N) is 1. The summed E-state index contributed by atoms with van der Waals surface area (Å²) in [6.45, 7) is 5.59. The van der Waals surface area contributed by atoms with Crippen LogP contribution >= 0.6 is 0 Å². The minimum atomic E-state index is -1.51. The number of hydrogen-bond acceptors (Lipinski definition) is 8. The first-order valence-electron chi connectivity index (χ1n) is 13.2. The molecular weight excluding hydrogens is 506 g/mol. The van der Waals surface area contributed by atoms with Gasteiger partial charge in [0, 0.05) is 24.8 Å². The van der Waals surface area contributed by atoms with Crippen molar-refractivity contribution in [3.63, 3.8) is 0 Å². The first-order valence-corrected chi connectivity index (χ1v) is 14.4. The van der Waals surface area contributed by atoms with Gasteiger partial charge in [0.1, 0.15) is 6.10 Å². The molecule has 10 heteroatoms. The van der Waals surface area contributed by atoms with Crippen molar-refractivity contribution in [3.8, 4) is 0 Å². The first kappa shape index (κ1) is 28.7. The molecule has 0 saturated carbocycles. The molecule has 0 aromatic heterocycles. The third-order valence-electron chi connectivity index (χ3n) is 6.82. The van der Waals surface area contributed by atoms with Gasteiger partial charge in [0.25, 0.3) is 0 Å². The maximum absolute atomic E-state index is 13.4. The average Bonchev–Trinajstić information content (AvgIpc) is 3.31. The minimum Gasteiger partial charge on any atom is -0.593 e. The number of carbonyl (C=O) groups is 1. The second kappa shape index (κ2) is 13.6. The van der Waals surface area contributed by atoms with Crippen LogP contribution < -0.4 is 11.1 Å². The number of nitrogen functional groups attached to an aromatic ring is 1. The second-order valence-corrected chi connectivity index (χ2v) is 11.9. The van der Waals surface area contributed by atoms with Crippen molar-refractivity contribution in [2.75, 3.05) is 32.0 Å². The van der Waals surface area contributed by atoms with Crippen LogP contribution in [-0.4, -0.2) is 70.9 Å². The highest BCUT2D eigenvalue weighted by Crippen LogP contribution is 2.32. The molecule has 2 aliphatic rings. The van der Waals surface area contributed by atoms with Crippen molar-refractivity contribution in [1.82, 2.24) is 9.62 Å². The van der Waals surface area contributed by atoms with Crippen molar-refractivity contribution in [2.24, 2.45) is 11.8 Å². The monoisotopic (exact) mass is 545 g/mol. The average molecular weight is 546 g/mol. The largest absolute Gasteiger partial charge is 0.593 e. The normalized spacial score (nSPS) is 23.6. The molecule has 6 atom stereocenters. The number of nitrogens with one attached hydrogen (secondary N) is 1. The molecule has 4 N–H and O–H groups in total. The van der Waals surface area contributed by atoms with Crippen LogP contribution in [0.3, 0.4) is 0 Å². The number of alkyl carbamates (subject to hydrolysis) is 1. The Morgan fingerprint density at radius 1 is 1.18 bits per heavy atom. The highest BCUT2D eigenvalue weighted by Gasteiger charge is 2.42. The Bertz CT molecular complexity index is 1010. The second-order valence-electron chi connectivity index (χ2n) is 10.4. The van der Waals surface area contributed by atoms with Crippen molar-refractivity contribution < 1.29 is 28.7 Å². The van der Waals surface area contributed by atoms with E-state index in [0.717, 1.165) is 18.4 Å². The molecule has 2 aromatic rings. The molecule has 38 heavy (non-hydrogen) atoms. The lowest BCUT2D eigenvalue weighted by Crippen LogP contribution is -2.51. The summed E-state index contributed by atoms with van der Waals surface area (Å²) in [5.74, 6) is 0.217. The lowest BCUT2D eigenvalue weighted by atomic mass is 9.97. The van der Waals surface area contributed by atoms with Gasteiger partial charge in [-0.1, -0.05) is 44.2 Å².